The van der Waals surface area contributed by atoms with Gasteiger partial charge < -0.3 is 10.2 Å². The Labute approximate surface area is 168 Å². The molecule has 4 rings (SSSR count). The van der Waals surface area contributed by atoms with Crippen molar-refractivity contribution in [1.82, 2.24) is 10.6 Å². The minimum absolute atomic E-state index is 0.557. The molecule has 1 aliphatic heterocycles. The Hall–Kier alpha value is -2.85. The lowest BCUT2D eigenvalue weighted by Crippen LogP contribution is -2.26. The molecule has 0 saturated heterocycles. The van der Waals surface area contributed by atoms with E-state index < -0.39 is 7.29 Å². The maximum Gasteiger partial charge on any atom is 0.214 e. The lowest BCUT2D eigenvalue weighted by molar-refractivity contribution is 0.468. The molecule has 3 aromatic rings. The third-order valence-corrected chi connectivity index (χ3v) is 6.78. The van der Waals surface area contributed by atoms with Crippen LogP contribution in [0.1, 0.15) is 16.0 Å². The predicted octanol–water partition coefficient (Wildman–Crippen LogP) is 6.12. The number of hydrogen-bond acceptors (Lipinski definition) is 4. The first kappa shape index (κ1) is 18.5. The van der Waals surface area contributed by atoms with Gasteiger partial charge in [-0.25, -0.2) is 0 Å². The number of thiophene rings is 1. The van der Waals surface area contributed by atoms with Gasteiger partial charge >= 0.3 is 0 Å². The SMILES string of the molecule is C=C(NNP1(=O)C=C(c2ccccc2)OC(c2ccccc2)=C1)c1cccs1. The Bertz CT molecular complexity index is 1010. The van der Waals surface area contributed by atoms with Gasteiger partial charge in [-0.1, -0.05) is 73.3 Å². The van der Waals surface area contributed by atoms with Crippen molar-refractivity contribution < 1.29 is 9.30 Å². The highest BCUT2D eigenvalue weighted by molar-refractivity contribution is 7.68. The van der Waals surface area contributed by atoms with Crippen LogP contribution in [0.15, 0.2) is 96.4 Å². The average Bonchev–Trinajstić information content (AvgIpc) is 3.28. The van der Waals surface area contributed by atoms with E-state index in [-0.39, 0.29) is 0 Å². The van der Waals surface area contributed by atoms with E-state index in [1.54, 1.807) is 23.0 Å². The molecule has 0 aliphatic carbocycles. The molecule has 0 radical (unpaired) electrons. The van der Waals surface area contributed by atoms with Gasteiger partial charge in [-0.2, -0.15) is 5.20 Å². The number of hydrogen-bond donors (Lipinski definition) is 2. The molecule has 1 aromatic heterocycles. The summed E-state index contributed by atoms with van der Waals surface area (Å²) in [7, 11) is -3.08. The van der Waals surface area contributed by atoms with Crippen molar-refractivity contribution in [3.63, 3.8) is 0 Å². The van der Waals surface area contributed by atoms with Gasteiger partial charge in [0, 0.05) is 22.8 Å². The molecule has 0 atom stereocenters. The monoisotopic (exact) mass is 406 g/mol. The topological polar surface area (TPSA) is 50.4 Å². The van der Waals surface area contributed by atoms with Crippen molar-refractivity contribution in [2.75, 3.05) is 0 Å². The second kappa shape index (κ2) is 8.03. The molecule has 140 valence electrons. The van der Waals surface area contributed by atoms with E-state index in [1.165, 1.54) is 0 Å². The maximum absolute atomic E-state index is 13.6. The fourth-order valence-electron chi connectivity index (χ4n) is 2.76. The first-order chi connectivity index (χ1) is 13.6. The Kier molecular flexibility index (Phi) is 5.31. The highest BCUT2D eigenvalue weighted by Gasteiger charge is 2.27. The zero-order chi connectivity index (χ0) is 19.4. The van der Waals surface area contributed by atoms with E-state index in [0.29, 0.717) is 17.2 Å². The van der Waals surface area contributed by atoms with Crippen LogP contribution >= 0.6 is 18.6 Å². The molecule has 4 nitrogen and oxygen atoms in total. The molecule has 0 spiro atoms. The Morgan fingerprint density at radius 2 is 1.43 bits per heavy atom. The van der Waals surface area contributed by atoms with E-state index in [9.17, 15) is 4.57 Å². The summed E-state index contributed by atoms with van der Waals surface area (Å²) in [6.07, 6.45) is 0. The molecule has 2 aromatic carbocycles. The Morgan fingerprint density at radius 1 is 0.857 bits per heavy atom. The molecule has 1 aliphatic rings. The third kappa shape index (κ3) is 4.18. The lowest BCUT2D eigenvalue weighted by Gasteiger charge is -2.24. The average molecular weight is 406 g/mol. The van der Waals surface area contributed by atoms with E-state index in [4.69, 9.17) is 4.74 Å². The molecule has 0 unspecified atom stereocenters. The quantitative estimate of drug-likeness (QED) is 0.383. The molecular weight excluding hydrogens is 387 g/mol. The van der Waals surface area contributed by atoms with Gasteiger partial charge in [0.1, 0.15) is 11.5 Å². The summed E-state index contributed by atoms with van der Waals surface area (Å²) in [4.78, 5) is 0.979. The van der Waals surface area contributed by atoms with Crippen molar-refractivity contribution >= 4 is 35.8 Å². The normalized spacial score (nSPS) is 15.1. The molecule has 0 fully saturated rings. The second-order valence-corrected chi connectivity index (χ2v) is 9.33. The lowest BCUT2D eigenvalue weighted by atomic mass is 10.2. The van der Waals surface area contributed by atoms with Gasteiger partial charge in [0.25, 0.3) is 0 Å². The minimum atomic E-state index is -3.08. The van der Waals surface area contributed by atoms with Gasteiger partial charge in [0.15, 0.2) is 0 Å². The molecule has 0 saturated carbocycles. The summed E-state index contributed by atoms with van der Waals surface area (Å²) in [6.45, 7) is 4.01. The van der Waals surface area contributed by atoms with Crippen molar-refractivity contribution in [2.45, 2.75) is 0 Å². The first-order valence-electron chi connectivity index (χ1n) is 8.73. The number of ether oxygens (including phenoxy) is 1. The summed E-state index contributed by atoms with van der Waals surface area (Å²) in [5.74, 6) is 4.40. The van der Waals surface area contributed by atoms with Crippen LogP contribution in [0.3, 0.4) is 0 Å². The molecule has 2 heterocycles. The van der Waals surface area contributed by atoms with Crippen molar-refractivity contribution in [3.05, 3.63) is 112 Å². The number of nitrogens with one attached hydrogen (secondary N) is 2. The van der Waals surface area contributed by atoms with E-state index >= 15 is 0 Å². The largest absolute Gasteiger partial charge is 0.456 e. The van der Waals surface area contributed by atoms with Gasteiger partial charge in [0.2, 0.25) is 7.29 Å². The Balaban J connectivity index is 1.65. The molecule has 2 N–H and O–H groups in total. The number of benzene rings is 2. The van der Waals surface area contributed by atoms with Gasteiger partial charge in [-0.05, 0) is 11.4 Å². The van der Waals surface area contributed by atoms with Crippen LogP contribution < -0.4 is 10.6 Å². The summed E-state index contributed by atoms with van der Waals surface area (Å²) >= 11 is 1.56. The zero-order valence-electron chi connectivity index (χ0n) is 15.0. The van der Waals surface area contributed by atoms with E-state index in [2.05, 4.69) is 17.2 Å². The van der Waals surface area contributed by atoms with Crippen LogP contribution in [-0.4, -0.2) is 0 Å². The van der Waals surface area contributed by atoms with Gasteiger partial charge in [-0.3, -0.25) is 4.57 Å². The van der Waals surface area contributed by atoms with Crippen molar-refractivity contribution in [2.24, 2.45) is 0 Å². The summed E-state index contributed by atoms with van der Waals surface area (Å²) in [5.41, 5.74) is 5.39. The van der Waals surface area contributed by atoms with Crippen LogP contribution in [0.4, 0.5) is 0 Å². The van der Waals surface area contributed by atoms with Crippen LogP contribution in [0.5, 0.6) is 0 Å². The van der Waals surface area contributed by atoms with E-state index in [1.807, 2.05) is 78.2 Å². The first-order valence-corrected chi connectivity index (χ1v) is 11.5. The third-order valence-electron chi connectivity index (χ3n) is 4.15. The van der Waals surface area contributed by atoms with Crippen LogP contribution in [0, 0.1) is 0 Å². The molecule has 6 heteroatoms. The summed E-state index contributed by atoms with van der Waals surface area (Å²) in [5, 5.41) is 4.94. The predicted molar refractivity (Wildman–Crippen MR) is 117 cm³/mol. The molecular formula is C22H19N2O2PS. The van der Waals surface area contributed by atoms with Crippen molar-refractivity contribution in [3.8, 4) is 0 Å². The smallest absolute Gasteiger partial charge is 0.214 e. The van der Waals surface area contributed by atoms with Gasteiger partial charge in [0.05, 0.1) is 10.6 Å². The molecule has 0 bridgehead atoms. The van der Waals surface area contributed by atoms with E-state index in [0.717, 1.165) is 16.0 Å². The zero-order valence-corrected chi connectivity index (χ0v) is 16.8. The number of hydrazine groups is 1. The van der Waals surface area contributed by atoms with Crippen LogP contribution in [0.2, 0.25) is 0 Å². The van der Waals surface area contributed by atoms with Crippen LogP contribution in [0.25, 0.3) is 17.2 Å². The molecule has 0 amide bonds. The minimum Gasteiger partial charge on any atom is -0.456 e. The highest BCUT2D eigenvalue weighted by atomic mass is 32.1. The Morgan fingerprint density at radius 3 is 1.93 bits per heavy atom. The van der Waals surface area contributed by atoms with Crippen LogP contribution in [-0.2, 0) is 9.30 Å². The number of rotatable bonds is 6. The van der Waals surface area contributed by atoms with Gasteiger partial charge in [-0.15, -0.1) is 11.3 Å². The maximum atomic E-state index is 13.6. The summed E-state index contributed by atoms with van der Waals surface area (Å²) < 4.78 is 19.7. The fourth-order valence-corrected chi connectivity index (χ4v) is 5.03. The summed E-state index contributed by atoms with van der Waals surface area (Å²) in [6, 6.07) is 23.2. The highest BCUT2D eigenvalue weighted by Crippen LogP contribution is 2.52. The standard InChI is InChI=1S/C22H19N2O2PS/c1-17(22-13-8-14-28-22)23-24-27(25)15-20(18-9-4-2-5-10-18)26-21(16-27)19-11-6-3-7-12-19/h2-16,23H,1H2,(H,24,25). The second-order valence-electron chi connectivity index (χ2n) is 6.22. The van der Waals surface area contributed by atoms with Crippen molar-refractivity contribution in [1.29, 1.82) is 0 Å². The molecule has 28 heavy (non-hydrogen) atoms. The fraction of sp³-hybridized carbons (Fsp3) is 0.